The van der Waals surface area contributed by atoms with Crippen LogP contribution in [0.4, 0.5) is 10.1 Å². The lowest BCUT2D eigenvalue weighted by atomic mass is 10.1. The van der Waals surface area contributed by atoms with E-state index in [4.69, 9.17) is 8.94 Å². The summed E-state index contributed by atoms with van der Waals surface area (Å²) in [5.74, 6) is 0.768. The molecule has 10 heteroatoms. The molecule has 0 unspecified atom stereocenters. The predicted molar refractivity (Wildman–Crippen MR) is 112 cm³/mol. The normalized spacial score (nSPS) is 10.9. The number of carbonyl (C=O) groups is 1. The van der Waals surface area contributed by atoms with Crippen LogP contribution in [0.5, 0.6) is 0 Å². The number of aromatic nitrogens is 4. The molecule has 0 atom stereocenters. The van der Waals surface area contributed by atoms with Crippen LogP contribution in [0.3, 0.4) is 0 Å². The molecule has 0 aliphatic heterocycles. The van der Waals surface area contributed by atoms with Gasteiger partial charge in [0.05, 0.1) is 11.4 Å². The van der Waals surface area contributed by atoms with Gasteiger partial charge in [-0.1, -0.05) is 46.7 Å². The maximum absolute atomic E-state index is 13.6. The number of halogens is 1. The first-order valence-corrected chi connectivity index (χ1v) is 10.4. The molecule has 4 aromatic rings. The molecule has 2 aromatic heterocycles. The van der Waals surface area contributed by atoms with Gasteiger partial charge < -0.3 is 14.3 Å². The fourth-order valence-electron chi connectivity index (χ4n) is 2.74. The van der Waals surface area contributed by atoms with Crippen LogP contribution >= 0.6 is 11.8 Å². The highest BCUT2D eigenvalue weighted by Crippen LogP contribution is 2.25. The van der Waals surface area contributed by atoms with Crippen molar-refractivity contribution in [1.29, 1.82) is 0 Å². The lowest BCUT2D eigenvalue weighted by molar-refractivity contribution is -0.116. The van der Waals surface area contributed by atoms with E-state index in [9.17, 15) is 9.18 Å². The molecular weight excluding hydrogens is 421 g/mol. The van der Waals surface area contributed by atoms with E-state index in [2.05, 4.69) is 25.7 Å². The molecule has 0 aliphatic rings. The minimum atomic E-state index is -0.487. The standard InChI is InChI=1S/C21H18FN5O3S/c1-13-5-4-6-14(11-13)20-25-26-21(29-20)31-12-17-24-19(30-27-17)10-9-18(28)23-16-8-3-2-7-15(16)22/h2-8,11H,9-10,12H2,1H3,(H,23,28). The summed E-state index contributed by atoms with van der Waals surface area (Å²) in [6.07, 6.45) is 0.336. The predicted octanol–water partition coefficient (Wildman–Crippen LogP) is 4.43. The van der Waals surface area contributed by atoms with Gasteiger partial charge in [-0.3, -0.25) is 4.79 Å². The topological polar surface area (TPSA) is 107 Å². The van der Waals surface area contributed by atoms with E-state index >= 15 is 0 Å². The van der Waals surface area contributed by atoms with Crippen LogP contribution < -0.4 is 5.32 Å². The van der Waals surface area contributed by atoms with Crippen LogP contribution in [0.15, 0.2) is 62.7 Å². The molecule has 0 bridgehead atoms. The van der Waals surface area contributed by atoms with Gasteiger partial charge in [0.25, 0.3) is 5.22 Å². The second-order valence-corrected chi connectivity index (χ2v) is 7.59. The second kappa shape index (κ2) is 9.52. The molecule has 2 aromatic carbocycles. The quantitative estimate of drug-likeness (QED) is 0.402. The van der Waals surface area contributed by atoms with Crippen molar-refractivity contribution in [2.75, 3.05) is 5.32 Å². The van der Waals surface area contributed by atoms with E-state index in [0.717, 1.165) is 11.1 Å². The number of anilines is 1. The molecule has 0 radical (unpaired) electrons. The summed E-state index contributed by atoms with van der Waals surface area (Å²) >= 11 is 1.29. The molecule has 8 nitrogen and oxygen atoms in total. The number of nitrogens with zero attached hydrogens (tertiary/aromatic N) is 4. The van der Waals surface area contributed by atoms with Gasteiger partial charge in [-0.15, -0.1) is 10.2 Å². The Kier molecular flexibility index (Phi) is 6.37. The number of hydrogen-bond donors (Lipinski definition) is 1. The first-order chi connectivity index (χ1) is 15.1. The summed E-state index contributed by atoms with van der Waals surface area (Å²) in [6, 6.07) is 13.8. The minimum absolute atomic E-state index is 0.0899. The van der Waals surface area contributed by atoms with Crippen LogP contribution in [0.2, 0.25) is 0 Å². The number of benzene rings is 2. The SMILES string of the molecule is Cc1cccc(-c2nnc(SCc3noc(CCC(=O)Nc4ccccc4F)n3)o2)c1. The third-order valence-electron chi connectivity index (χ3n) is 4.22. The Morgan fingerprint density at radius 1 is 1.16 bits per heavy atom. The molecule has 1 amide bonds. The molecule has 2 heterocycles. The Morgan fingerprint density at radius 2 is 2.03 bits per heavy atom. The summed E-state index contributed by atoms with van der Waals surface area (Å²) in [5.41, 5.74) is 2.10. The van der Waals surface area contributed by atoms with E-state index in [0.29, 0.717) is 28.6 Å². The summed E-state index contributed by atoms with van der Waals surface area (Å²) in [6.45, 7) is 1.99. The number of carbonyl (C=O) groups excluding carboxylic acids is 1. The van der Waals surface area contributed by atoms with Crippen molar-refractivity contribution in [2.45, 2.75) is 30.7 Å². The third kappa shape index (κ3) is 5.54. The fourth-order valence-corrected chi connectivity index (χ4v) is 3.34. The van der Waals surface area contributed by atoms with Gasteiger partial charge in [0.1, 0.15) is 5.82 Å². The zero-order valence-electron chi connectivity index (χ0n) is 16.5. The molecule has 158 valence electrons. The van der Waals surface area contributed by atoms with Crippen molar-refractivity contribution in [3.05, 3.63) is 71.6 Å². The van der Waals surface area contributed by atoms with Crippen molar-refractivity contribution < 1.29 is 18.1 Å². The van der Waals surface area contributed by atoms with Crippen molar-refractivity contribution >= 4 is 23.4 Å². The zero-order valence-corrected chi connectivity index (χ0v) is 17.4. The van der Waals surface area contributed by atoms with Crippen LogP contribution in [-0.4, -0.2) is 26.2 Å². The average Bonchev–Trinajstić information content (AvgIpc) is 3.42. The highest BCUT2D eigenvalue weighted by molar-refractivity contribution is 7.98. The number of thioether (sulfide) groups is 1. The molecule has 4 rings (SSSR count). The Bertz CT molecular complexity index is 1190. The highest BCUT2D eigenvalue weighted by atomic mass is 32.2. The number of amides is 1. The first kappa shape index (κ1) is 20.7. The molecule has 0 saturated heterocycles. The second-order valence-electron chi connectivity index (χ2n) is 6.66. The molecule has 31 heavy (non-hydrogen) atoms. The van der Waals surface area contributed by atoms with Crippen LogP contribution in [0.25, 0.3) is 11.5 Å². The van der Waals surface area contributed by atoms with E-state index in [1.807, 2.05) is 31.2 Å². The number of aryl methyl sites for hydroxylation is 2. The van der Waals surface area contributed by atoms with Crippen molar-refractivity contribution in [3.63, 3.8) is 0 Å². The Balaban J connectivity index is 1.27. The largest absolute Gasteiger partial charge is 0.411 e. The number of nitrogens with one attached hydrogen (secondary N) is 1. The number of para-hydroxylation sites is 1. The summed E-state index contributed by atoms with van der Waals surface area (Å²) in [7, 11) is 0. The zero-order chi connectivity index (χ0) is 21.6. The first-order valence-electron chi connectivity index (χ1n) is 9.46. The van der Waals surface area contributed by atoms with Crippen molar-refractivity contribution in [2.24, 2.45) is 0 Å². The number of rotatable bonds is 8. The Labute approximate surface area is 181 Å². The van der Waals surface area contributed by atoms with E-state index in [1.165, 1.54) is 23.9 Å². The molecule has 0 aliphatic carbocycles. The van der Waals surface area contributed by atoms with Gasteiger partial charge in [0.2, 0.25) is 17.7 Å². The summed E-state index contributed by atoms with van der Waals surface area (Å²) < 4.78 is 24.4. The fraction of sp³-hybridized carbons (Fsp3) is 0.190. The maximum atomic E-state index is 13.6. The average molecular weight is 439 g/mol. The van der Waals surface area contributed by atoms with Gasteiger partial charge in [-0.25, -0.2) is 4.39 Å². The van der Waals surface area contributed by atoms with Gasteiger partial charge >= 0.3 is 0 Å². The number of hydrogen-bond acceptors (Lipinski definition) is 8. The summed E-state index contributed by atoms with van der Waals surface area (Å²) in [4.78, 5) is 16.3. The molecular formula is C21H18FN5O3S. The molecule has 0 fully saturated rings. The highest BCUT2D eigenvalue weighted by Gasteiger charge is 2.14. The Morgan fingerprint density at radius 3 is 2.87 bits per heavy atom. The smallest absolute Gasteiger partial charge is 0.277 e. The summed E-state index contributed by atoms with van der Waals surface area (Å²) in [5, 5.41) is 14.9. The van der Waals surface area contributed by atoms with Gasteiger partial charge in [0.15, 0.2) is 5.82 Å². The van der Waals surface area contributed by atoms with Gasteiger partial charge in [-0.2, -0.15) is 4.98 Å². The molecule has 0 saturated carbocycles. The lowest BCUT2D eigenvalue weighted by Crippen LogP contribution is -2.13. The van der Waals surface area contributed by atoms with Gasteiger partial charge in [0, 0.05) is 18.4 Å². The van der Waals surface area contributed by atoms with Crippen LogP contribution in [0, 0.1) is 12.7 Å². The van der Waals surface area contributed by atoms with Crippen LogP contribution in [-0.2, 0) is 17.0 Å². The van der Waals surface area contributed by atoms with E-state index in [-0.39, 0.29) is 24.4 Å². The maximum Gasteiger partial charge on any atom is 0.277 e. The third-order valence-corrected chi connectivity index (χ3v) is 5.03. The molecule has 1 N–H and O–H groups in total. The van der Waals surface area contributed by atoms with E-state index in [1.54, 1.807) is 12.1 Å². The van der Waals surface area contributed by atoms with Crippen molar-refractivity contribution in [1.82, 2.24) is 20.3 Å². The van der Waals surface area contributed by atoms with Crippen molar-refractivity contribution in [3.8, 4) is 11.5 Å². The Hall–Kier alpha value is -3.53. The van der Waals surface area contributed by atoms with E-state index < -0.39 is 5.82 Å². The minimum Gasteiger partial charge on any atom is -0.411 e. The van der Waals surface area contributed by atoms with Gasteiger partial charge in [-0.05, 0) is 31.2 Å². The molecule has 0 spiro atoms. The lowest BCUT2D eigenvalue weighted by Gasteiger charge is -2.04. The monoisotopic (exact) mass is 439 g/mol. The van der Waals surface area contributed by atoms with Crippen LogP contribution in [0.1, 0.15) is 23.7 Å².